The average molecular weight is 370 g/mol. The molecule has 0 unspecified atom stereocenters. The second kappa shape index (κ2) is 7.64. The van der Waals surface area contributed by atoms with Crippen LogP contribution < -0.4 is 10.1 Å². The summed E-state index contributed by atoms with van der Waals surface area (Å²) in [6.07, 6.45) is 1.80. The Morgan fingerprint density at radius 2 is 1.86 bits per heavy atom. The SMILES string of the molecule is COc1cccc([C@H](C)Nc2cc(-c3ccc4ncccc4c3)nc(C)n2)c1. The summed E-state index contributed by atoms with van der Waals surface area (Å²) in [5.41, 5.74) is 4.04. The highest BCUT2D eigenvalue weighted by molar-refractivity contribution is 5.83. The Balaban J connectivity index is 1.64. The minimum Gasteiger partial charge on any atom is -0.497 e. The van der Waals surface area contributed by atoms with Gasteiger partial charge in [0.2, 0.25) is 0 Å². The van der Waals surface area contributed by atoms with E-state index in [0.717, 1.165) is 45.1 Å². The fourth-order valence-electron chi connectivity index (χ4n) is 3.24. The van der Waals surface area contributed by atoms with Crippen molar-refractivity contribution in [3.8, 4) is 17.0 Å². The van der Waals surface area contributed by atoms with Gasteiger partial charge >= 0.3 is 0 Å². The van der Waals surface area contributed by atoms with E-state index in [0.29, 0.717) is 0 Å². The molecule has 5 nitrogen and oxygen atoms in total. The second-order valence-electron chi connectivity index (χ2n) is 6.74. The maximum Gasteiger partial charge on any atom is 0.130 e. The zero-order valence-electron chi connectivity index (χ0n) is 16.2. The van der Waals surface area contributed by atoms with E-state index in [4.69, 9.17) is 4.74 Å². The quantitative estimate of drug-likeness (QED) is 0.524. The van der Waals surface area contributed by atoms with Crippen molar-refractivity contribution in [2.45, 2.75) is 19.9 Å². The lowest BCUT2D eigenvalue weighted by atomic mass is 10.1. The normalized spacial score (nSPS) is 12.0. The first-order chi connectivity index (χ1) is 13.6. The lowest BCUT2D eigenvalue weighted by Crippen LogP contribution is -2.09. The molecular formula is C23H22N4O. The monoisotopic (exact) mass is 370 g/mol. The first-order valence-corrected chi connectivity index (χ1v) is 9.24. The van der Waals surface area contributed by atoms with Crippen LogP contribution in [0, 0.1) is 6.92 Å². The third kappa shape index (κ3) is 3.78. The van der Waals surface area contributed by atoms with Crippen LogP contribution in [-0.2, 0) is 0 Å². The van der Waals surface area contributed by atoms with E-state index in [-0.39, 0.29) is 6.04 Å². The van der Waals surface area contributed by atoms with E-state index in [1.807, 2.05) is 49.4 Å². The summed E-state index contributed by atoms with van der Waals surface area (Å²) in [6.45, 7) is 4.01. The Hall–Kier alpha value is -3.47. The molecule has 2 aromatic heterocycles. The van der Waals surface area contributed by atoms with Gasteiger partial charge in [0.15, 0.2) is 0 Å². The van der Waals surface area contributed by atoms with Crippen LogP contribution in [0.5, 0.6) is 5.75 Å². The predicted octanol–water partition coefficient (Wildman–Crippen LogP) is 5.18. The molecule has 0 amide bonds. The fraction of sp³-hybridized carbons (Fsp3) is 0.174. The number of pyridine rings is 1. The van der Waals surface area contributed by atoms with Gasteiger partial charge in [-0.3, -0.25) is 4.98 Å². The third-order valence-corrected chi connectivity index (χ3v) is 4.69. The summed E-state index contributed by atoms with van der Waals surface area (Å²) in [7, 11) is 1.68. The van der Waals surface area contributed by atoms with E-state index < -0.39 is 0 Å². The Bertz CT molecular complexity index is 1130. The first-order valence-electron chi connectivity index (χ1n) is 9.24. The molecule has 0 saturated heterocycles. The lowest BCUT2D eigenvalue weighted by molar-refractivity contribution is 0.414. The number of rotatable bonds is 5. The number of nitrogens with one attached hydrogen (secondary N) is 1. The fourth-order valence-corrected chi connectivity index (χ4v) is 3.24. The molecule has 2 heterocycles. The van der Waals surface area contributed by atoms with Crippen molar-refractivity contribution in [1.29, 1.82) is 0 Å². The van der Waals surface area contributed by atoms with E-state index in [1.165, 1.54) is 0 Å². The molecular weight excluding hydrogens is 348 g/mol. The van der Waals surface area contributed by atoms with Crippen LogP contribution in [0.1, 0.15) is 24.4 Å². The van der Waals surface area contributed by atoms with E-state index in [2.05, 4.69) is 45.4 Å². The lowest BCUT2D eigenvalue weighted by Gasteiger charge is -2.17. The summed E-state index contributed by atoms with van der Waals surface area (Å²) in [5.74, 6) is 2.36. The molecule has 0 fully saturated rings. The van der Waals surface area contributed by atoms with Crippen molar-refractivity contribution in [3.63, 3.8) is 0 Å². The predicted molar refractivity (Wildman–Crippen MR) is 113 cm³/mol. The molecule has 4 aromatic rings. The Morgan fingerprint density at radius 3 is 2.71 bits per heavy atom. The number of anilines is 1. The summed E-state index contributed by atoms with van der Waals surface area (Å²) in [4.78, 5) is 13.6. The highest BCUT2D eigenvalue weighted by Gasteiger charge is 2.10. The molecule has 0 aliphatic rings. The van der Waals surface area contributed by atoms with E-state index in [1.54, 1.807) is 13.3 Å². The van der Waals surface area contributed by atoms with Crippen LogP contribution in [0.25, 0.3) is 22.2 Å². The zero-order chi connectivity index (χ0) is 19.5. The van der Waals surface area contributed by atoms with Gasteiger partial charge in [-0.25, -0.2) is 9.97 Å². The third-order valence-electron chi connectivity index (χ3n) is 4.69. The number of aryl methyl sites for hydroxylation is 1. The van der Waals surface area contributed by atoms with Gasteiger partial charge in [0.25, 0.3) is 0 Å². The smallest absolute Gasteiger partial charge is 0.130 e. The van der Waals surface area contributed by atoms with Gasteiger partial charge in [-0.1, -0.05) is 24.3 Å². The van der Waals surface area contributed by atoms with Gasteiger partial charge < -0.3 is 10.1 Å². The summed E-state index contributed by atoms with van der Waals surface area (Å²) in [6, 6.07) is 20.3. The van der Waals surface area contributed by atoms with Gasteiger partial charge in [0, 0.05) is 23.2 Å². The van der Waals surface area contributed by atoms with Gasteiger partial charge in [-0.05, 0) is 49.7 Å². The molecule has 0 aliphatic heterocycles. The minimum atomic E-state index is 0.0815. The highest BCUT2D eigenvalue weighted by atomic mass is 16.5. The molecule has 0 spiro atoms. The van der Waals surface area contributed by atoms with Crippen LogP contribution in [0.3, 0.4) is 0 Å². The van der Waals surface area contributed by atoms with Gasteiger partial charge in [0.05, 0.1) is 24.4 Å². The highest BCUT2D eigenvalue weighted by Crippen LogP contribution is 2.26. The van der Waals surface area contributed by atoms with Crippen molar-refractivity contribution >= 4 is 16.7 Å². The maximum absolute atomic E-state index is 5.33. The molecule has 1 N–H and O–H groups in total. The second-order valence-corrected chi connectivity index (χ2v) is 6.74. The average Bonchev–Trinajstić information content (AvgIpc) is 2.73. The van der Waals surface area contributed by atoms with Crippen LogP contribution in [0.15, 0.2) is 66.9 Å². The molecule has 0 aliphatic carbocycles. The van der Waals surface area contributed by atoms with Crippen molar-refractivity contribution < 1.29 is 4.74 Å². The summed E-state index contributed by atoms with van der Waals surface area (Å²) >= 11 is 0. The van der Waals surface area contributed by atoms with Crippen LogP contribution >= 0.6 is 0 Å². The number of aromatic nitrogens is 3. The van der Waals surface area contributed by atoms with Gasteiger partial charge in [-0.15, -0.1) is 0 Å². The molecule has 1 atom stereocenters. The zero-order valence-corrected chi connectivity index (χ0v) is 16.2. The van der Waals surface area contributed by atoms with Crippen molar-refractivity contribution in [2.24, 2.45) is 0 Å². The van der Waals surface area contributed by atoms with Crippen LogP contribution in [0.2, 0.25) is 0 Å². The summed E-state index contributed by atoms with van der Waals surface area (Å²) in [5, 5.41) is 4.57. The molecule has 140 valence electrons. The van der Waals surface area contributed by atoms with E-state index >= 15 is 0 Å². The number of hydrogen-bond donors (Lipinski definition) is 1. The molecule has 0 bridgehead atoms. The number of benzene rings is 2. The van der Waals surface area contributed by atoms with Gasteiger partial charge in [0.1, 0.15) is 17.4 Å². The first kappa shape index (κ1) is 17.9. The molecule has 4 rings (SSSR count). The number of fused-ring (bicyclic) bond motifs is 1. The van der Waals surface area contributed by atoms with Crippen LogP contribution in [0.4, 0.5) is 5.82 Å². The number of hydrogen-bond acceptors (Lipinski definition) is 5. The topological polar surface area (TPSA) is 59.9 Å². The Kier molecular flexibility index (Phi) is 4.89. The Morgan fingerprint density at radius 1 is 0.964 bits per heavy atom. The van der Waals surface area contributed by atoms with Crippen molar-refractivity contribution in [3.05, 3.63) is 78.2 Å². The van der Waals surface area contributed by atoms with Crippen molar-refractivity contribution in [2.75, 3.05) is 12.4 Å². The number of methoxy groups -OCH3 is 1. The maximum atomic E-state index is 5.33. The largest absolute Gasteiger partial charge is 0.497 e. The number of ether oxygens (including phenoxy) is 1. The van der Waals surface area contributed by atoms with Gasteiger partial charge in [-0.2, -0.15) is 0 Å². The standard InChI is InChI=1S/C23H22N4O/c1-15(17-6-4-8-20(13-17)28-3)25-23-14-22(26-16(2)27-23)19-9-10-21-18(12-19)7-5-11-24-21/h4-15H,1-3H3,(H,25,26,27)/t15-/m0/s1. The number of nitrogens with zero attached hydrogens (tertiary/aromatic N) is 3. The molecule has 28 heavy (non-hydrogen) atoms. The van der Waals surface area contributed by atoms with E-state index in [9.17, 15) is 0 Å². The molecule has 2 aromatic carbocycles. The van der Waals surface area contributed by atoms with Crippen LogP contribution in [-0.4, -0.2) is 22.1 Å². The summed E-state index contributed by atoms with van der Waals surface area (Å²) < 4.78 is 5.33. The molecule has 0 radical (unpaired) electrons. The molecule has 5 heteroatoms. The minimum absolute atomic E-state index is 0.0815. The van der Waals surface area contributed by atoms with Crippen molar-refractivity contribution in [1.82, 2.24) is 15.0 Å². The molecule has 0 saturated carbocycles. The Labute approximate surface area is 164 Å².